The molecule has 0 atom stereocenters. The van der Waals surface area contributed by atoms with Gasteiger partial charge in [-0.2, -0.15) is 0 Å². The number of benzene rings is 3. The molecule has 4 rings (SSSR count). The summed E-state index contributed by atoms with van der Waals surface area (Å²) in [5.41, 5.74) is 1.95. The number of hydrogen-bond acceptors (Lipinski definition) is 5. The van der Waals surface area contributed by atoms with E-state index in [-0.39, 0.29) is 12.5 Å². The average molecular weight is 405 g/mol. The minimum atomic E-state index is -0.547. The number of amides is 1. The van der Waals surface area contributed by atoms with Crippen LogP contribution in [0.3, 0.4) is 0 Å². The van der Waals surface area contributed by atoms with Crippen LogP contribution in [-0.2, 0) is 9.53 Å². The predicted octanol–water partition coefficient (Wildman–Crippen LogP) is 5.07. The first-order valence-electron chi connectivity index (χ1n) is 9.26. The normalized spacial score (nSPS) is 12.0. The maximum absolute atomic E-state index is 13.0. The molecule has 146 valence electrons. The van der Waals surface area contributed by atoms with Crippen LogP contribution in [0.25, 0.3) is 0 Å². The summed E-state index contributed by atoms with van der Waals surface area (Å²) < 4.78 is 10.7. The second kappa shape index (κ2) is 8.41. The standard InChI is InChI=1S/C23H19NO4S/c1-2-27-17-13-11-16(12-14-17)23(26)28-15-22(25)24-18-7-3-5-9-20(18)29-21-10-6-4-8-19(21)24/h3-14H,2,15H2,1H3. The van der Waals surface area contributed by atoms with Crippen molar-refractivity contribution >= 4 is 35.0 Å². The fraction of sp³-hybridized carbons (Fsp3) is 0.130. The van der Waals surface area contributed by atoms with E-state index >= 15 is 0 Å². The molecule has 6 heteroatoms. The molecule has 3 aromatic carbocycles. The van der Waals surface area contributed by atoms with Gasteiger partial charge in [0.05, 0.1) is 23.5 Å². The fourth-order valence-corrected chi connectivity index (χ4v) is 4.16. The number of para-hydroxylation sites is 2. The number of fused-ring (bicyclic) bond motifs is 2. The number of rotatable bonds is 5. The topological polar surface area (TPSA) is 55.8 Å². The molecule has 0 saturated heterocycles. The molecule has 0 fully saturated rings. The highest BCUT2D eigenvalue weighted by atomic mass is 32.2. The van der Waals surface area contributed by atoms with Gasteiger partial charge < -0.3 is 9.47 Å². The maximum atomic E-state index is 13.0. The van der Waals surface area contributed by atoms with Crippen molar-refractivity contribution < 1.29 is 19.1 Å². The van der Waals surface area contributed by atoms with Crippen LogP contribution in [0.2, 0.25) is 0 Å². The molecule has 1 aliphatic heterocycles. The third-order valence-corrected chi connectivity index (χ3v) is 5.54. The molecule has 0 N–H and O–H groups in total. The fourth-order valence-electron chi connectivity index (χ4n) is 3.10. The Kier molecular flexibility index (Phi) is 5.53. The molecule has 0 spiro atoms. The summed E-state index contributed by atoms with van der Waals surface area (Å²) in [5.74, 6) is -0.169. The summed E-state index contributed by atoms with van der Waals surface area (Å²) in [7, 11) is 0. The van der Waals surface area contributed by atoms with E-state index in [0.29, 0.717) is 17.9 Å². The van der Waals surface area contributed by atoms with Crippen LogP contribution in [0.1, 0.15) is 17.3 Å². The second-order valence-corrected chi connectivity index (χ2v) is 7.38. The maximum Gasteiger partial charge on any atom is 0.338 e. The van der Waals surface area contributed by atoms with E-state index < -0.39 is 5.97 Å². The van der Waals surface area contributed by atoms with E-state index in [9.17, 15) is 9.59 Å². The molecule has 0 unspecified atom stereocenters. The Morgan fingerprint density at radius 2 is 1.45 bits per heavy atom. The van der Waals surface area contributed by atoms with Gasteiger partial charge in [-0.3, -0.25) is 9.69 Å². The molecule has 0 aliphatic carbocycles. The predicted molar refractivity (Wildman–Crippen MR) is 112 cm³/mol. The Morgan fingerprint density at radius 3 is 2.03 bits per heavy atom. The van der Waals surface area contributed by atoms with Gasteiger partial charge >= 0.3 is 5.97 Å². The third-order valence-electron chi connectivity index (χ3n) is 4.41. The molecule has 1 aliphatic rings. The first kappa shape index (κ1) is 19.1. The van der Waals surface area contributed by atoms with Crippen molar-refractivity contribution in [2.75, 3.05) is 18.1 Å². The summed E-state index contributed by atoms with van der Waals surface area (Å²) >= 11 is 1.62. The molecule has 0 saturated carbocycles. The summed E-state index contributed by atoms with van der Waals surface area (Å²) in [6.45, 7) is 2.10. The van der Waals surface area contributed by atoms with Crippen LogP contribution < -0.4 is 9.64 Å². The van der Waals surface area contributed by atoms with E-state index in [1.165, 1.54) is 0 Å². The van der Waals surface area contributed by atoms with Crippen molar-refractivity contribution in [1.29, 1.82) is 0 Å². The zero-order valence-electron chi connectivity index (χ0n) is 15.8. The average Bonchev–Trinajstić information content (AvgIpc) is 2.76. The van der Waals surface area contributed by atoms with Crippen molar-refractivity contribution in [3.63, 3.8) is 0 Å². The minimum Gasteiger partial charge on any atom is -0.494 e. The van der Waals surface area contributed by atoms with Crippen LogP contribution >= 0.6 is 11.8 Å². The Bertz CT molecular complexity index is 1000. The van der Waals surface area contributed by atoms with E-state index in [2.05, 4.69) is 0 Å². The molecule has 29 heavy (non-hydrogen) atoms. The number of carbonyl (C=O) groups is 2. The van der Waals surface area contributed by atoms with Crippen molar-refractivity contribution in [1.82, 2.24) is 0 Å². The van der Waals surface area contributed by atoms with Crippen molar-refractivity contribution in [3.8, 4) is 5.75 Å². The summed E-state index contributed by atoms with van der Waals surface area (Å²) in [4.78, 5) is 29.0. The smallest absolute Gasteiger partial charge is 0.338 e. The lowest BCUT2D eigenvalue weighted by Gasteiger charge is -2.30. The molecule has 0 aromatic heterocycles. The van der Waals surface area contributed by atoms with E-state index in [1.807, 2.05) is 55.5 Å². The van der Waals surface area contributed by atoms with Crippen LogP contribution in [0, 0.1) is 0 Å². The van der Waals surface area contributed by atoms with Gasteiger partial charge in [-0.05, 0) is 55.5 Å². The Labute approximate surface area is 173 Å². The lowest BCUT2D eigenvalue weighted by Crippen LogP contribution is -2.32. The Morgan fingerprint density at radius 1 is 0.862 bits per heavy atom. The lowest BCUT2D eigenvalue weighted by molar-refractivity contribution is -0.121. The van der Waals surface area contributed by atoms with Crippen molar-refractivity contribution in [2.45, 2.75) is 16.7 Å². The molecule has 5 nitrogen and oxygen atoms in total. The van der Waals surface area contributed by atoms with Crippen LogP contribution in [0.4, 0.5) is 11.4 Å². The monoisotopic (exact) mass is 405 g/mol. The zero-order chi connectivity index (χ0) is 20.2. The molecule has 1 heterocycles. The zero-order valence-corrected chi connectivity index (χ0v) is 16.6. The van der Waals surface area contributed by atoms with Gasteiger partial charge in [-0.25, -0.2) is 4.79 Å². The highest BCUT2D eigenvalue weighted by molar-refractivity contribution is 7.99. The van der Waals surface area contributed by atoms with Crippen molar-refractivity contribution in [3.05, 3.63) is 78.4 Å². The number of nitrogens with zero attached hydrogens (tertiary/aromatic N) is 1. The van der Waals surface area contributed by atoms with Crippen LogP contribution in [-0.4, -0.2) is 25.1 Å². The van der Waals surface area contributed by atoms with Gasteiger partial charge in [-0.15, -0.1) is 0 Å². The number of hydrogen-bond donors (Lipinski definition) is 0. The SMILES string of the molecule is CCOc1ccc(C(=O)OCC(=O)N2c3ccccc3Sc3ccccc32)cc1. The molecular formula is C23H19NO4S. The number of esters is 1. The minimum absolute atomic E-state index is 0.301. The first-order valence-corrected chi connectivity index (χ1v) is 10.1. The van der Waals surface area contributed by atoms with Gasteiger partial charge in [0.2, 0.25) is 0 Å². The molecule has 0 radical (unpaired) electrons. The molecule has 0 bridgehead atoms. The number of carbonyl (C=O) groups excluding carboxylic acids is 2. The number of anilines is 2. The number of ether oxygens (including phenoxy) is 2. The molecule has 3 aromatic rings. The highest BCUT2D eigenvalue weighted by Crippen LogP contribution is 2.47. The second-order valence-electron chi connectivity index (χ2n) is 6.30. The first-order chi connectivity index (χ1) is 14.2. The van der Waals surface area contributed by atoms with Gasteiger partial charge in [0.25, 0.3) is 5.91 Å². The van der Waals surface area contributed by atoms with Crippen molar-refractivity contribution in [2.24, 2.45) is 0 Å². The quantitative estimate of drug-likeness (QED) is 0.555. The van der Waals surface area contributed by atoms with Gasteiger partial charge in [-0.1, -0.05) is 36.0 Å². The van der Waals surface area contributed by atoms with E-state index in [4.69, 9.17) is 9.47 Å². The highest BCUT2D eigenvalue weighted by Gasteiger charge is 2.28. The van der Waals surface area contributed by atoms with Crippen LogP contribution in [0.5, 0.6) is 5.75 Å². The van der Waals surface area contributed by atoms with E-state index in [1.54, 1.807) is 40.9 Å². The third kappa shape index (κ3) is 3.98. The van der Waals surface area contributed by atoms with Gasteiger partial charge in [0.15, 0.2) is 6.61 Å². The van der Waals surface area contributed by atoms with Crippen LogP contribution in [0.15, 0.2) is 82.6 Å². The lowest BCUT2D eigenvalue weighted by atomic mass is 10.2. The largest absolute Gasteiger partial charge is 0.494 e. The summed E-state index contributed by atoms with van der Waals surface area (Å²) in [6.07, 6.45) is 0. The molecular weight excluding hydrogens is 386 g/mol. The van der Waals surface area contributed by atoms with Gasteiger partial charge in [0, 0.05) is 9.79 Å². The van der Waals surface area contributed by atoms with Gasteiger partial charge in [0.1, 0.15) is 5.75 Å². The summed E-state index contributed by atoms with van der Waals surface area (Å²) in [5, 5.41) is 0. The Hall–Kier alpha value is -3.25. The molecule has 1 amide bonds. The van der Waals surface area contributed by atoms with E-state index in [0.717, 1.165) is 21.2 Å². The summed E-state index contributed by atoms with van der Waals surface area (Å²) in [6, 6.07) is 22.0. The Balaban J connectivity index is 1.51.